The average Bonchev–Trinajstić information content (AvgIpc) is 2.18. The van der Waals surface area contributed by atoms with E-state index in [1.165, 1.54) is 0 Å². The number of hydrogen-bond donors (Lipinski definition) is 2. The molecule has 1 rings (SSSR count). The first kappa shape index (κ1) is 11.7. The lowest BCUT2D eigenvalue weighted by molar-refractivity contribution is 0.150. The lowest BCUT2D eigenvalue weighted by atomic mass is 10.0. The third-order valence-corrected chi connectivity index (χ3v) is 2.61. The monoisotopic (exact) mass is 258 g/mol. The fraction of sp³-hybridized carbons (Fsp3) is 0.455. The van der Waals surface area contributed by atoms with Crippen LogP contribution in [0.3, 0.4) is 0 Å². The summed E-state index contributed by atoms with van der Waals surface area (Å²) in [5.41, 5.74) is 1.12. The minimum Gasteiger partial charge on any atom is -0.396 e. The summed E-state index contributed by atoms with van der Waals surface area (Å²) < 4.78 is 1.05. The first-order valence-corrected chi connectivity index (χ1v) is 5.55. The molecule has 0 amide bonds. The van der Waals surface area contributed by atoms with Gasteiger partial charge in [-0.2, -0.15) is 0 Å². The Kier molecular flexibility index (Phi) is 5.15. The maximum Gasteiger partial charge on any atom is 0.0581 e. The van der Waals surface area contributed by atoms with Crippen molar-refractivity contribution >= 4 is 15.9 Å². The van der Waals surface area contributed by atoms with Gasteiger partial charge in [-0.15, -0.1) is 0 Å². The van der Waals surface area contributed by atoms with E-state index >= 15 is 0 Å². The molecule has 0 aliphatic carbocycles. The molecule has 0 aliphatic heterocycles. The van der Waals surface area contributed by atoms with Crippen LogP contribution in [0.25, 0.3) is 0 Å². The van der Waals surface area contributed by atoms with Crippen molar-refractivity contribution in [2.24, 2.45) is 0 Å². The van der Waals surface area contributed by atoms with Crippen LogP contribution in [0.4, 0.5) is 0 Å². The molecule has 0 aliphatic rings. The van der Waals surface area contributed by atoms with Crippen LogP contribution < -0.4 is 0 Å². The topological polar surface area (TPSA) is 40.5 Å². The lowest BCUT2D eigenvalue weighted by Gasteiger charge is -2.09. The van der Waals surface area contributed by atoms with Gasteiger partial charge in [0.1, 0.15) is 0 Å². The van der Waals surface area contributed by atoms with E-state index in [2.05, 4.69) is 15.9 Å². The molecule has 1 aromatic rings. The molecule has 0 fully saturated rings. The van der Waals surface area contributed by atoms with Gasteiger partial charge in [-0.3, -0.25) is 0 Å². The highest BCUT2D eigenvalue weighted by Gasteiger charge is 2.04. The van der Waals surface area contributed by atoms with Crippen molar-refractivity contribution in [2.45, 2.75) is 25.4 Å². The first-order chi connectivity index (χ1) is 6.72. The smallest absolute Gasteiger partial charge is 0.0581 e. The second kappa shape index (κ2) is 6.17. The highest BCUT2D eigenvalue weighted by atomic mass is 79.9. The third kappa shape index (κ3) is 4.22. The molecule has 0 aromatic heterocycles. The van der Waals surface area contributed by atoms with Crippen molar-refractivity contribution in [1.29, 1.82) is 0 Å². The summed E-state index contributed by atoms with van der Waals surface area (Å²) in [5, 5.41) is 18.2. The highest BCUT2D eigenvalue weighted by molar-refractivity contribution is 9.10. The van der Waals surface area contributed by atoms with Gasteiger partial charge < -0.3 is 10.2 Å². The number of benzene rings is 1. The third-order valence-electron chi connectivity index (χ3n) is 2.08. The van der Waals surface area contributed by atoms with E-state index in [4.69, 9.17) is 5.11 Å². The summed E-state index contributed by atoms with van der Waals surface area (Å²) in [5.74, 6) is 0. The zero-order valence-electron chi connectivity index (χ0n) is 7.99. The van der Waals surface area contributed by atoms with Crippen LogP contribution in [0.2, 0.25) is 0 Å². The predicted molar refractivity (Wildman–Crippen MR) is 60.2 cm³/mol. The van der Waals surface area contributed by atoms with Crippen molar-refractivity contribution in [1.82, 2.24) is 0 Å². The Labute approximate surface area is 92.7 Å². The predicted octanol–water partition coefficient (Wildman–Crippen LogP) is 2.12. The van der Waals surface area contributed by atoms with Crippen LogP contribution in [0.5, 0.6) is 0 Å². The van der Waals surface area contributed by atoms with Gasteiger partial charge >= 0.3 is 0 Å². The second-order valence-corrected chi connectivity index (χ2v) is 4.27. The van der Waals surface area contributed by atoms with E-state index in [0.29, 0.717) is 19.3 Å². The Morgan fingerprint density at radius 3 is 2.43 bits per heavy atom. The Morgan fingerprint density at radius 1 is 1.21 bits per heavy atom. The second-order valence-electron chi connectivity index (χ2n) is 3.35. The molecule has 0 heterocycles. The number of aliphatic hydroxyl groups is 2. The number of hydrogen-bond acceptors (Lipinski definition) is 2. The molecule has 78 valence electrons. The number of halogens is 1. The van der Waals surface area contributed by atoms with Crippen LogP contribution in [0.15, 0.2) is 28.7 Å². The summed E-state index contributed by atoms with van der Waals surface area (Å²) >= 11 is 3.36. The summed E-state index contributed by atoms with van der Waals surface area (Å²) in [6.45, 7) is 0.150. The van der Waals surface area contributed by atoms with Crippen molar-refractivity contribution in [3.63, 3.8) is 0 Å². The van der Waals surface area contributed by atoms with Crippen molar-refractivity contribution in [3.05, 3.63) is 34.3 Å². The highest BCUT2D eigenvalue weighted by Crippen LogP contribution is 2.13. The van der Waals surface area contributed by atoms with Gasteiger partial charge in [0, 0.05) is 11.1 Å². The van der Waals surface area contributed by atoms with Gasteiger partial charge in [0.15, 0.2) is 0 Å². The largest absolute Gasteiger partial charge is 0.396 e. The normalized spacial score (nSPS) is 12.8. The van der Waals surface area contributed by atoms with E-state index < -0.39 is 0 Å². The Morgan fingerprint density at radius 2 is 1.86 bits per heavy atom. The van der Waals surface area contributed by atoms with E-state index in [9.17, 15) is 5.11 Å². The van der Waals surface area contributed by atoms with Gasteiger partial charge in [-0.1, -0.05) is 28.1 Å². The van der Waals surface area contributed by atoms with Gasteiger partial charge in [-0.05, 0) is 37.0 Å². The zero-order chi connectivity index (χ0) is 10.4. The quantitative estimate of drug-likeness (QED) is 0.850. The fourth-order valence-electron chi connectivity index (χ4n) is 1.32. The van der Waals surface area contributed by atoms with Crippen LogP contribution in [-0.4, -0.2) is 22.9 Å². The van der Waals surface area contributed by atoms with Crippen LogP contribution >= 0.6 is 15.9 Å². The Hall–Kier alpha value is -0.380. The summed E-state index contributed by atoms with van der Waals surface area (Å²) in [6, 6.07) is 7.92. The first-order valence-electron chi connectivity index (χ1n) is 4.75. The van der Waals surface area contributed by atoms with E-state index in [1.54, 1.807) is 0 Å². The molecule has 1 aromatic carbocycles. The average molecular weight is 259 g/mol. The summed E-state index contributed by atoms with van der Waals surface area (Å²) in [4.78, 5) is 0. The van der Waals surface area contributed by atoms with E-state index in [0.717, 1.165) is 10.0 Å². The minimum absolute atomic E-state index is 0.150. The lowest BCUT2D eigenvalue weighted by Crippen LogP contribution is -2.10. The van der Waals surface area contributed by atoms with Crippen molar-refractivity contribution in [2.75, 3.05) is 6.61 Å². The standard InChI is InChI=1S/C11H15BrO2/c12-10-5-3-9(4-6-10)8-11(14)2-1-7-13/h3-6,11,13-14H,1-2,7-8H2. The molecular weight excluding hydrogens is 244 g/mol. The Bertz CT molecular complexity index is 258. The minimum atomic E-state index is -0.344. The molecule has 2 nitrogen and oxygen atoms in total. The van der Waals surface area contributed by atoms with Gasteiger partial charge in [0.2, 0.25) is 0 Å². The molecule has 3 heteroatoms. The van der Waals surface area contributed by atoms with Crippen molar-refractivity contribution in [3.8, 4) is 0 Å². The van der Waals surface area contributed by atoms with Crippen LogP contribution in [0.1, 0.15) is 18.4 Å². The number of rotatable bonds is 5. The Balaban J connectivity index is 2.39. The van der Waals surface area contributed by atoms with Crippen LogP contribution in [0, 0.1) is 0 Å². The molecule has 0 saturated carbocycles. The molecule has 0 radical (unpaired) electrons. The van der Waals surface area contributed by atoms with E-state index in [1.807, 2.05) is 24.3 Å². The molecule has 2 N–H and O–H groups in total. The summed E-state index contributed by atoms with van der Waals surface area (Å²) in [6.07, 6.45) is 1.64. The maximum absolute atomic E-state index is 9.58. The fourth-order valence-corrected chi connectivity index (χ4v) is 1.59. The molecule has 14 heavy (non-hydrogen) atoms. The molecule has 1 unspecified atom stereocenters. The van der Waals surface area contributed by atoms with Crippen LogP contribution in [-0.2, 0) is 6.42 Å². The van der Waals surface area contributed by atoms with Crippen molar-refractivity contribution < 1.29 is 10.2 Å². The number of aliphatic hydroxyl groups excluding tert-OH is 2. The zero-order valence-corrected chi connectivity index (χ0v) is 9.57. The maximum atomic E-state index is 9.58. The summed E-state index contributed by atoms with van der Waals surface area (Å²) in [7, 11) is 0. The molecule has 0 bridgehead atoms. The SMILES string of the molecule is OCCCC(O)Cc1ccc(Br)cc1. The van der Waals surface area contributed by atoms with Gasteiger partial charge in [0.05, 0.1) is 6.10 Å². The molecule has 0 spiro atoms. The molecule has 1 atom stereocenters. The molecular formula is C11H15BrO2. The van der Waals surface area contributed by atoms with Gasteiger partial charge in [-0.25, -0.2) is 0 Å². The van der Waals surface area contributed by atoms with Gasteiger partial charge in [0.25, 0.3) is 0 Å². The molecule has 0 saturated heterocycles. The van der Waals surface area contributed by atoms with E-state index in [-0.39, 0.29) is 12.7 Å².